The van der Waals surface area contributed by atoms with Gasteiger partial charge in [0.1, 0.15) is 5.78 Å². The number of carbonyl (C=O) groups is 2. The Labute approximate surface area is 165 Å². The zero-order chi connectivity index (χ0) is 20.1. The smallest absolute Gasteiger partial charge is 0.311 e. The minimum absolute atomic E-state index is 0.159. The number of hydrogen-bond acceptors (Lipinski definition) is 3. The fourth-order valence-corrected chi connectivity index (χ4v) is 2.90. The molecule has 1 unspecified atom stereocenters. The lowest BCUT2D eigenvalue weighted by Crippen LogP contribution is -2.05. The van der Waals surface area contributed by atoms with Gasteiger partial charge in [0, 0.05) is 18.8 Å². The molecule has 0 saturated heterocycles. The van der Waals surface area contributed by atoms with Gasteiger partial charge in [-0.3, -0.25) is 9.59 Å². The number of hydrogen-bond donors (Lipinski definition) is 0. The van der Waals surface area contributed by atoms with Crippen molar-refractivity contribution in [2.75, 3.05) is 0 Å². The summed E-state index contributed by atoms with van der Waals surface area (Å²) in [6.45, 7) is 8.60. The van der Waals surface area contributed by atoms with E-state index in [1.807, 2.05) is 6.08 Å². The fourth-order valence-electron chi connectivity index (χ4n) is 2.90. The molecular weight excluding hydrogens is 336 g/mol. The van der Waals surface area contributed by atoms with Crippen LogP contribution < -0.4 is 0 Å². The Morgan fingerprint density at radius 3 is 2.37 bits per heavy atom. The van der Waals surface area contributed by atoms with Crippen molar-refractivity contribution in [1.29, 1.82) is 0 Å². The van der Waals surface area contributed by atoms with Crippen LogP contribution in [0.4, 0.5) is 0 Å². The first-order valence-corrected chi connectivity index (χ1v) is 10.4. The van der Waals surface area contributed by atoms with Crippen molar-refractivity contribution in [2.45, 2.75) is 90.9 Å². The monoisotopic (exact) mass is 372 g/mol. The normalized spacial score (nSPS) is 12.5. The Morgan fingerprint density at radius 1 is 0.963 bits per heavy atom. The summed E-state index contributed by atoms with van der Waals surface area (Å²) in [5.74, 6) is 0.476. The van der Waals surface area contributed by atoms with Crippen molar-refractivity contribution in [3.63, 3.8) is 0 Å². The van der Waals surface area contributed by atoms with Crippen LogP contribution in [-0.4, -0.2) is 11.8 Å². The molecular formula is C24H36O3. The molecule has 27 heavy (non-hydrogen) atoms. The second kappa shape index (κ2) is 13.3. The summed E-state index contributed by atoms with van der Waals surface area (Å²) in [4.78, 5) is 23.6. The summed E-state index contributed by atoms with van der Waals surface area (Å²) >= 11 is 0. The number of allylic oxidation sites excluding steroid dienone is 1. The van der Waals surface area contributed by atoms with E-state index in [4.69, 9.17) is 4.74 Å². The van der Waals surface area contributed by atoms with E-state index in [1.54, 1.807) is 0 Å². The minimum Gasteiger partial charge on any atom is -0.435 e. The van der Waals surface area contributed by atoms with Gasteiger partial charge >= 0.3 is 5.97 Å². The molecule has 0 aliphatic carbocycles. The van der Waals surface area contributed by atoms with Gasteiger partial charge < -0.3 is 4.74 Å². The van der Waals surface area contributed by atoms with Gasteiger partial charge in [-0.2, -0.15) is 0 Å². The number of Topliss-reactive ketones (excluding diaryl/α,β-unsaturated/α-hetero) is 1. The van der Waals surface area contributed by atoms with Crippen LogP contribution in [0.5, 0.6) is 0 Å². The fraction of sp³-hybridized carbons (Fsp3) is 0.583. The van der Waals surface area contributed by atoms with Gasteiger partial charge in [-0.25, -0.2) is 0 Å². The van der Waals surface area contributed by atoms with E-state index in [1.165, 1.54) is 36.7 Å². The van der Waals surface area contributed by atoms with Crippen LogP contribution in [0.15, 0.2) is 36.6 Å². The maximum atomic E-state index is 11.8. The number of carbonyl (C=O) groups excluding carboxylic acids is 2. The van der Waals surface area contributed by atoms with Crippen molar-refractivity contribution in [1.82, 2.24) is 0 Å². The van der Waals surface area contributed by atoms with Gasteiger partial charge in [-0.15, -0.1) is 0 Å². The molecule has 0 N–H and O–H groups in total. The summed E-state index contributed by atoms with van der Waals surface area (Å²) in [7, 11) is 0. The molecule has 1 aromatic rings. The number of rotatable bonds is 13. The van der Waals surface area contributed by atoms with Crippen molar-refractivity contribution < 1.29 is 14.3 Å². The van der Waals surface area contributed by atoms with E-state index in [0.29, 0.717) is 12.3 Å². The van der Waals surface area contributed by atoms with E-state index >= 15 is 0 Å². The number of unbranched alkanes of at least 4 members (excludes halogenated alkanes) is 4. The van der Waals surface area contributed by atoms with Gasteiger partial charge in [0.25, 0.3) is 0 Å². The average Bonchev–Trinajstić information content (AvgIpc) is 2.66. The summed E-state index contributed by atoms with van der Waals surface area (Å²) in [6.07, 6.45) is 10.0. The van der Waals surface area contributed by atoms with E-state index in [0.717, 1.165) is 12.8 Å². The van der Waals surface area contributed by atoms with Crippen LogP contribution in [0.25, 0.3) is 0 Å². The predicted octanol–water partition coefficient (Wildman–Crippen LogP) is 6.68. The lowest BCUT2D eigenvalue weighted by molar-refractivity contribution is -0.139. The quantitative estimate of drug-likeness (QED) is 0.220. The molecule has 1 rings (SSSR count). The Kier molecular flexibility index (Phi) is 11.4. The zero-order valence-corrected chi connectivity index (χ0v) is 17.5. The van der Waals surface area contributed by atoms with Crippen molar-refractivity contribution >= 4 is 11.8 Å². The Balaban J connectivity index is 2.29. The number of esters is 1. The zero-order valence-electron chi connectivity index (χ0n) is 17.5. The standard InChI is InChI=1S/C24H36O3/c1-5-6-7-8-9-13-23(25)14-15-24(26)27-17-16-20(4)22-12-10-11-21(18-22)19(2)3/h10-12,16-20H,5-9,13-15H2,1-4H3. The van der Waals surface area contributed by atoms with Crippen LogP contribution >= 0.6 is 0 Å². The molecule has 0 saturated carbocycles. The third-order valence-electron chi connectivity index (χ3n) is 4.84. The van der Waals surface area contributed by atoms with E-state index in [2.05, 4.69) is 52.0 Å². The van der Waals surface area contributed by atoms with Gasteiger partial charge in [0.05, 0.1) is 12.7 Å². The Hall–Kier alpha value is -1.90. The van der Waals surface area contributed by atoms with Crippen LogP contribution in [-0.2, 0) is 14.3 Å². The Bertz CT molecular complexity index is 601. The summed E-state index contributed by atoms with van der Waals surface area (Å²) in [6, 6.07) is 8.48. The second-order valence-electron chi connectivity index (χ2n) is 7.63. The molecule has 0 aliphatic heterocycles. The second-order valence-corrected chi connectivity index (χ2v) is 7.63. The first kappa shape index (κ1) is 23.1. The highest BCUT2D eigenvalue weighted by Gasteiger charge is 2.08. The highest BCUT2D eigenvalue weighted by atomic mass is 16.5. The molecule has 1 atom stereocenters. The molecule has 0 fully saturated rings. The maximum Gasteiger partial charge on any atom is 0.311 e. The van der Waals surface area contributed by atoms with Gasteiger partial charge in [0.2, 0.25) is 0 Å². The van der Waals surface area contributed by atoms with Crippen LogP contribution in [0.3, 0.4) is 0 Å². The van der Waals surface area contributed by atoms with Gasteiger partial charge in [-0.1, -0.05) is 77.6 Å². The first-order chi connectivity index (χ1) is 12.9. The lowest BCUT2D eigenvalue weighted by atomic mass is 9.95. The van der Waals surface area contributed by atoms with Crippen molar-refractivity contribution in [2.24, 2.45) is 0 Å². The summed E-state index contributed by atoms with van der Waals surface area (Å²) in [5, 5.41) is 0. The van der Waals surface area contributed by atoms with Gasteiger partial charge in [0.15, 0.2) is 0 Å². The van der Waals surface area contributed by atoms with Crippen LogP contribution in [0.1, 0.15) is 102 Å². The predicted molar refractivity (Wildman–Crippen MR) is 112 cm³/mol. The Morgan fingerprint density at radius 2 is 1.67 bits per heavy atom. The molecule has 150 valence electrons. The molecule has 3 heteroatoms. The molecule has 0 aromatic heterocycles. The van der Waals surface area contributed by atoms with Crippen LogP contribution in [0, 0.1) is 0 Å². The number of benzene rings is 1. The molecule has 0 radical (unpaired) electrons. The van der Waals surface area contributed by atoms with Crippen molar-refractivity contribution in [3.8, 4) is 0 Å². The SMILES string of the molecule is CCCCCCCC(=O)CCC(=O)OC=CC(C)c1cccc(C(C)C)c1. The molecule has 0 spiro atoms. The van der Waals surface area contributed by atoms with E-state index in [9.17, 15) is 9.59 Å². The molecule has 0 aliphatic rings. The molecule has 1 aromatic carbocycles. The largest absolute Gasteiger partial charge is 0.435 e. The van der Waals surface area contributed by atoms with Crippen LogP contribution in [0.2, 0.25) is 0 Å². The average molecular weight is 373 g/mol. The lowest BCUT2D eigenvalue weighted by Gasteiger charge is -2.11. The molecule has 3 nitrogen and oxygen atoms in total. The summed E-state index contributed by atoms with van der Waals surface area (Å²) in [5.41, 5.74) is 2.50. The summed E-state index contributed by atoms with van der Waals surface area (Å²) < 4.78 is 5.15. The highest BCUT2D eigenvalue weighted by Crippen LogP contribution is 2.22. The van der Waals surface area contributed by atoms with E-state index < -0.39 is 0 Å². The number of ketones is 1. The maximum absolute atomic E-state index is 11.8. The molecule has 0 heterocycles. The minimum atomic E-state index is -0.339. The topological polar surface area (TPSA) is 43.4 Å². The van der Waals surface area contributed by atoms with E-state index in [-0.39, 0.29) is 30.5 Å². The third kappa shape index (κ3) is 10.1. The first-order valence-electron chi connectivity index (χ1n) is 10.4. The van der Waals surface area contributed by atoms with Crippen molar-refractivity contribution in [3.05, 3.63) is 47.7 Å². The number of ether oxygens (including phenoxy) is 1. The highest BCUT2D eigenvalue weighted by molar-refractivity contribution is 5.83. The molecule has 0 bridgehead atoms. The molecule has 0 amide bonds. The van der Waals surface area contributed by atoms with Gasteiger partial charge in [-0.05, 0) is 29.5 Å². The third-order valence-corrected chi connectivity index (χ3v) is 4.84.